The molecule has 7 heteroatoms. The van der Waals surface area contributed by atoms with Crippen molar-refractivity contribution in [3.63, 3.8) is 0 Å². The third-order valence-electron chi connectivity index (χ3n) is 2.56. The van der Waals surface area contributed by atoms with Crippen LogP contribution in [0.2, 0.25) is 0 Å². The zero-order valence-corrected chi connectivity index (χ0v) is 12.9. The number of nitrogens with zero attached hydrogens (tertiary/aromatic N) is 1. The van der Waals surface area contributed by atoms with E-state index in [9.17, 15) is 8.42 Å². The van der Waals surface area contributed by atoms with Gasteiger partial charge in [-0.15, -0.1) is 0 Å². The summed E-state index contributed by atoms with van der Waals surface area (Å²) in [4.78, 5) is 4.03. The van der Waals surface area contributed by atoms with Crippen molar-refractivity contribution in [3.05, 3.63) is 30.1 Å². The van der Waals surface area contributed by atoms with Gasteiger partial charge in [-0.1, -0.05) is 19.9 Å². The Bertz CT molecular complexity index is 463. The van der Waals surface area contributed by atoms with Gasteiger partial charge in [-0.25, -0.2) is 9.44 Å². The number of nitrogens with one attached hydrogen (secondary N) is 3. The third kappa shape index (κ3) is 8.21. The molecule has 0 aromatic carbocycles. The molecule has 20 heavy (non-hydrogen) atoms. The van der Waals surface area contributed by atoms with Crippen molar-refractivity contribution in [1.29, 1.82) is 0 Å². The van der Waals surface area contributed by atoms with Crippen LogP contribution in [0.4, 0.5) is 0 Å². The van der Waals surface area contributed by atoms with Crippen LogP contribution >= 0.6 is 0 Å². The summed E-state index contributed by atoms with van der Waals surface area (Å²) in [6.45, 7) is 6.30. The molecule has 0 unspecified atom stereocenters. The van der Waals surface area contributed by atoms with Crippen LogP contribution in [0.3, 0.4) is 0 Å². The highest BCUT2D eigenvalue weighted by Crippen LogP contribution is 1.94. The van der Waals surface area contributed by atoms with Crippen LogP contribution in [0.5, 0.6) is 0 Å². The Kier molecular flexibility index (Phi) is 7.68. The molecule has 1 aromatic heterocycles. The van der Waals surface area contributed by atoms with Gasteiger partial charge in [0.2, 0.25) is 0 Å². The highest BCUT2D eigenvalue weighted by molar-refractivity contribution is 7.87. The predicted octanol–water partition coefficient (Wildman–Crippen LogP) is 0.641. The van der Waals surface area contributed by atoms with E-state index in [1.807, 2.05) is 32.2 Å². The van der Waals surface area contributed by atoms with Crippen molar-refractivity contribution < 1.29 is 8.42 Å². The van der Waals surface area contributed by atoms with Crippen LogP contribution in [0.25, 0.3) is 0 Å². The smallest absolute Gasteiger partial charge is 0.276 e. The monoisotopic (exact) mass is 300 g/mol. The van der Waals surface area contributed by atoms with Crippen LogP contribution in [-0.4, -0.2) is 33.0 Å². The van der Waals surface area contributed by atoms with Gasteiger partial charge in [-0.05, 0) is 30.5 Å². The second-order valence-corrected chi connectivity index (χ2v) is 6.62. The molecule has 114 valence electrons. The van der Waals surface area contributed by atoms with E-state index in [0.29, 0.717) is 19.0 Å². The van der Waals surface area contributed by atoms with Crippen molar-refractivity contribution in [2.45, 2.75) is 26.8 Å². The largest absolute Gasteiger partial charge is 0.313 e. The molecule has 0 aliphatic heterocycles. The molecule has 0 fully saturated rings. The molecule has 3 N–H and O–H groups in total. The van der Waals surface area contributed by atoms with E-state index < -0.39 is 10.2 Å². The Balaban J connectivity index is 2.07. The van der Waals surface area contributed by atoms with Crippen LogP contribution in [0.1, 0.15) is 25.8 Å². The van der Waals surface area contributed by atoms with Gasteiger partial charge in [-0.3, -0.25) is 4.98 Å². The molecule has 0 radical (unpaired) electrons. The van der Waals surface area contributed by atoms with Gasteiger partial charge in [0.25, 0.3) is 10.2 Å². The molecule has 0 aliphatic rings. The first-order valence-electron chi connectivity index (χ1n) is 6.83. The van der Waals surface area contributed by atoms with E-state index in [0.717, 1.165) is 25.1 Å². The lowest BCUT2D eigenvalue weighted by Gasteiger charge is -2.10. The summed E-state index contributed by atoms with van der Waals surface area (Å²) >= 11 is 0. The van der Waals surface area contributed by atoms with Crippen molar-refractivity contribution in [2.24, 2.45) is 5.92 Å². The summed E-state index contributed by atoms with van der Waals surface area (Å²) < 4.78 is 28.1. The van der Waals surface area contributed by atoms with Crippen molar-refractivity contribution in [2.75, 3.05) is 19.6 Å². The summed E-state index contributed by atoms with van der Waals surface area (Å²) in [6.07, 6.45) is 4.29. The summed E-state index contributed by atoms with van der Waals surface area (Å²) in [5, 5.41) is 3.24. The maximum atomic E-state index is 11.5. The summed E-state index contributed by atoms with van der Waals surface area (Å²) in [5.74, 6) is 0.299. The number of hydrogen-bond donors (Lipinski definition) is 3. The Labute approximate surface area is 121 Å². The molecule has 0 amide bonds. The molecular weight excluding hydrogens is 276 g/mol. The second-order valence-electron chi connectivity index (χ2n) is 5.03. The number of rotatable bonds is 10. The highest BCUT2D eigenvalue weighted by atomic mass is 32.2. The SMILES string of the molecule is CC(C)CNS(=O)(=O)NCCCNCc1cccnc1. The van der Waals surface area contributed by atoms with Gasteiger partial charge in [0.1, 0.15) is 0 Å². The van der Waals surface area contributed by atoms with Crippen LogP contribution in [-0.2, 0) is 16.8 Å². The fourth-order valence-corrected chi connectivity index (χ4v) is 2.55. The molecule has 1 aromatic rings. The predicted molar refractivity (Wildman–Crippen MR) is 80.3 cm³/mol. The normalized spacial score (nSPS) is 11.9. The van der Waals surface area contributed by atoms with Gasteiger partial charge in [0, 0.05) is 32.0 Å². The van der Waals surface area contributed by atoms with Gasteiger partial charge in [0.15, 0.2) is 0 Å². The maximum Gasteiger partial charge on any atom is 0.276 e. The summed E-state index contributed by atoms with van der Waals surface area (Å²) in [7, 11) is -3.35. The van der Waals surface area contributed by atoms with Crippen LogP contribution in [0, 0.1) is 5.92 Å². The van der Waals surface area contributed by atoms with Gasteiger partial charge in [0.05, 0.1) is 0 Å². The Morgan fingerprint density at radius 2 is 2.05 bits per heavy atom. The number of aromatic nitrogens is 1. The zero-order chi connectivity index (χ0) is 14.8. The minimum atomic E-state index is -3.35. The second kappa shape index (κ2) is 9.02. The molecule has 0 saturated heterocycles. The molecular formula is C13H24N4O2S. The lowest BCUT2D eigenvalue weighted by molar-refractivity contribution is 0.543. The van der Waals surface area contributed by atoms with E-state index in [1.165, 1.54) is 0 Å². The Morgan fingerprint density at radius 1 is 1.25 bits per heavy atom. The lowest BCUT2D eigenvalue weighted by atomic mass is 10.2. The van der Waals surface area contributed by atoms with E-state index in [-0.39, 0.29) is 0 Å². The van der Waals surface area contributed by atoms with E-state index in [1.54, 1.807) is 6.20 Å². The summed E-state index contributed by atoms with van der Waals surface area (Å²) in [6, 6.07) is 3.89. The lowest BCUT2D eigenvalue weighted by Crippen LogP contribution is -2.39. The molecule has 1 rings (SSSR count). The molecule has 0 atom stereocenters. The van der Waals surface area contributed by atoms with Crippen LogP contribution < -0.4 is 14.8 Å². The Morgan fingerprint density at radius 3 is 2.70 bits per heavy atom. The quantitative estimate of drug-likeness (QED) is 0.554. The molecule has 6 nitrogen and oxygen atoms in total. The minimum Gasteiger partial charge on any atom is -0.313 e. The standard InChI is InChI=1S/C13H24N4O2S/c1-12(2)9-17-20(18,19)16-8-4-7-15-11-13-5-3-6-14-10-13/h3,5-6,10,12,15-17H,4,7-9,11H2,1-2H3. The first-order valence-corrected chi connectivity index (χ1v) is 8.32. The molecule has 0 spiro atoms. The minimum absolute atomic E-state index is 0.299. The van der Waals surface area contributed by atoms with Crippen molar-refractivity contribution in [1.82, 2.24) is 19.7 Å². The maximum absolute atomic E-state index is 11.5. The Hall–Kier alpha value is -1.02. The third-order valence-corrected chi connectivity index (χ3v) is 3.69. The molecule has 0 saturated carbocycles. The van der Waals surface area contributed by atoms with Gasteiger partial charge >= 0.3 is 0 Å². The first-order chi connectivity index (χ1) is 9.49. The fourth-order valence-electron chi connectivity index (χ4n) is 1.48. The van der Waals surface area contributed by atoms with Crippen molar-refractivity contribution >= 4 is 10.2 Å². The zero-order valence-electron chi connectivity index (χ0n) is 12.1. The first kappa shape index (κ1) is 17.0. The number of pyridine rings is 1. The van der Waals surface area contributed by atoms with Gasteiger partial charge in [-0.2, -0.15) is 8.42 Å². The van der Waals surface area contributed by atoms with Crippen LogP contribution in [0.15, 0.2) is 24.5 Å². The van der Waals surface area contributed by atoms with E-state index in [2.05, 4.69) is 19.7 Å². The van der Waals surface area contributed by atoms with E-state index >= 15 is 0 Å². The topological polar surface area (TPSA) is 83.1 Å². The average molecular weight is 300 g/mol. The van der Waals surface area contributed by atoms with E-state index in [4.69, 9.17) is 0 Å². The average Bonchev–Trinajstić information content (AvgIpc) is 2.42. The molecule has 0 aliphatic carbocycles. The fraction of sp³-hybridized carbons (Fsp3) is 0.615. The number of hydrogen-bond acceptors (Lipinski definition) is 4. The van der Waals surface area contributed by atoms with Crippen molar-refractivity contribution in [3.8, 4) is 0 Å². The summed E-state index contributed by atoms with van der Waals surface area (Å²) in [5.41, 5.74) is 1.12. The highest BCUT2D eigenvalue weighted by Gasteiger charge is 2.08. The molecule has 1 heterocycles. The van der Waals surface area contributed by atoms with Gasteiger partial charge < -0.3 is 5.32 Å². The molecule has 0 bridgehead atoms.